The number of morpholine rings is 1. The Morgan fingerprint density at radius 2 is 1.95 bits per heavy atom. The molecule has 0 unspecified atom stereocenters. The predicted molar refractivity (Wildman–Crippen MR) is 70.0 cm³/mol. The highest BCUT2D eigenvalue weighted by atomic mass is 32.2. The first kappa shape index (κ1) is 14.8. The lowest BCUT2D eigenvalue weighted by molar-refractivity contribution is -0.148. The van der Waals surface area contributed by atoms with E-state index in [0.29, 0.717) is 26.3 Å². The van der Waals surface area contributed by atoms with E-state index >= 15 is 0 Å². The molecule has 0 atom stereocenters. The Morgan fingerprint density at radius 1 is 1.25 bits per heavy atom. The molecule has 0 bridgehead atoms. The van der Waals surface area contributed by atoms with E-state index < -0.39 is 11.8 Å². The van der Waals surface area contributed by atoms with E-state index in [1.807, 2.05) is 0 Å². The van der Waals surface area contributed by atoms with Gasteiger partial charge in [0.25, 0.3) is 5.24 Å². The maximum absolute atomic E-state index is 11.8. The van der Waals surface area contributed by atoms with Gasteiger partial charge in [-0.3, -0.25) is 24.1 Å². The summed E-state index contributed by atoms with van der Waals surface area (Å²) in [6, 6.07) is 0. The standard InChI is InChI=1S/C11H15N3O5S/c15-8-7-20-11(18)14(8)2-1-12-9(16)10(17)13-3-5-19-6-4-13/h1-7H2,(H,12,16). The molecular formula is C11H15N3O5S. The van der Waals surface area contributed by atoms with E-state index in [2.05, 4.69) is 5.32 Å². The van der Waals surface area contributed by atoms with E-state index in [-0.39, 0.29) is 30.0 Å². The van der Waals surface area contributed by atoms with Gasteiger partial charge in [-0.15, -0.1) is 0 Å². The van der Waals surface area contributed by atoms with Crippen molar-refractivity contribution in [2.24, 2.45) is 0 Å². The van der Waals surface area contributed by atoms with E-state index in [9.17, 15) is 19.2 Å². The third kappa shape index (κ3) is 3.48. The zero-order chi connectivity index (χ0) is 14.5. The van der Waals surface area contributed by atoms with Gasteiger partial charge in [-0.1, -0.05) is 11.8 Å². The summed E-state index contributed by atoms with van der Waals surface area (Å²) in [7, 11) is 0. The first-order chi connectivity index (χ1) is 9.59. The third-order valence-electron chi connectivity index (χ3n) is 2.95. The molecule has 110 valence electrons. The average Bonchev–Trinajstić information content (AvgIpc) is 2.79. The smallest absolute Gasteiger partial charge is 0.312 e. The molecule has 1 N–H and O–H groups in total. The van der Waals surface area contributed by atoms with Crippen LogP contribution in [0.2, 0.25) is 0 Å². The fraction of sp³-hybridized carbons (Fsp3) is 0.636. The van der Waals surface area contributed by atoms with Gasteiger partial charge in [-0.2, -0.15) is 0 Å². The van der Waals surface area contributed by atoms with Crippen LogP contribution in [-0.4, -0.2) is 77.9 Å². The molecule has 0 spiro atoms. The molecular weight excluding hydrogens is 286 g/mol. The van der Waals surface area contributed by atoms with Crippen LogP contribution in [0.25, 0.3) is 0 Å². The summed E-state index contributed by atoms with van der Waals surface area (Å²) < 4.78 is 5.09. The molecule has 2 heterocycles. The van der Waals surface area contributed by atoms with Crippen LogP contribution in [0.1, 0.15) is 0 Å². The summed E-state index contributed by atoms with van der Waals surface area (Å²) in [5, 5.41) is 2.11. The summed E-state index contributed by atoms with van der Waals surface area (Å²) in [6.45, 7) is 1.80. The van der Waals surface area contributed by atoms with Gasteiger partial charge in [0.2, 0.25) is 5.91 Å². The van der Waals surface area contributed by atoms with Gasteiger partial charge in [0.05, 0.1) is 19.0 Å². The second-order valence-electron chi connectivity index (χ2n) is 4.26. The van der Waals surface area contributed by atoms with Crippen LogP contribution >= 0.6 is 11.8 Å². The van der Waals surface area contributed by atoms with E-state index in [0.717, 1.165) is 16.7 Å². The molecule has 2 fully saturated rings. The Balaban J connectivity index is 1.73. The maximum Gasteiger partial charge on any atom is 0.312 e. The number of amides is 4. The second kappa shape index (κ2) is 6.71. The Hall–Kier alpha value is -1.61. The number of nitrogens with zero attached hydrogens (tertiary/aromatic N) is 2. The van der Waals surface area contributed by atoms with Gasteiger partial charge in [0, 0.05) is 26.2 Å². The van der Waals surface area contributed by atoms with Crippen molar-refractivity contribution >= 4 is 34.7 Å². The van der Waals surface area contributed by atoms with Crippen molar-refractivity contribution in [2.45, 2.75) is 0 Å². The predicted octanol–water partition coefficient (Wildman–Crippen LogP) is -1.34. The number of thioether (sulfide) groups is 1. The molecule has 2 rings (SSSR count). The molecule has 0 aromatic rings. The van der Waals surface area contributed by atoms with Crippen LogP contribution < -0.4 is 5.32 Å². The Morgan fingerprint density at radius 3 is 2.55 bits per heavy atom. The van der Waals surface area contributed by atoms with Crippen LogP contribution in [0, 0.1) is 0 Å². The molecule has 2 saturated heterocycles. The Labute approximate surface area is 119 Å². The van der Waals surface area contributed by atoms with E-state index in [4.69, 9.17) is 4.74 Å². The minimum absolute atomic E-state index is 0.0763. The van der Waals surface area contributed by atoms with Crippen molar-refractivity contribution < 1.29 is 23.9 Å². The van der Waals surface area contributed by atoms with Crippen LogP contribution in [0.4, 0.5) is 4.79 Å². The van der Waals surface area contributed by atoms with Gasteiger partial charge < -0.3 is 15.0 Å². The second-order valence-corrected chi connectivity index (χ2v) is 5.19. The number of ether oxygens (including phenoxy) is 1. The van der Waals surface area contributed by atoms with Crippen molar-refractivity contribution in [3.8, 4) is 0 Å². The van der Waals surface area contributed by atoms with Gasteiger partial charge >= 0.3 is 11.8 Å². The molecule has 2 aliphatic rings. The zero-order valence-corrected chi connectivity index (χ0v) is 11.6. The zero-order valence-electron chi connectivity index (χ0n) is 10.8. The van der Waals surface area contributed by atoms with Gasteiger partial charge in [0.15, 0.2) is 0 Å². The highest BCUT2D eigenvalue weighted by Gasteiger charge is 2.30. The number of carbonyl (C=O) groups is 4. The molecule has 4 amide bonds. The highest BCUT2D eigenvalue weighted by molar-refractivity contribution is 8.14. The molecule has 20 heavy (non-hydrogen) atoms. The lowest BCUT2D eigenvalue weighted by Gasteiger charge is -2.26. The number of nitrogens with one attached hydrogen (secondary N) is 1. The monoisotopic (exact) mass is 301 g/mol. The van der Waals surface area contributed by atoms with Crippen LogP contribution in [0.15, 0.2) is 0 Å². The topological polar surface area (TPSA) is 96.0 Å². The van der Waals surface area contributed by atoms with Gasteiger partial charge in [-0.05, 0) is 0 Å². The summed E-state index contributed by atoms with van der Waals surface area (Å²) in [4.78, 5) is 48.5. The number of hydrogen-bond acceptors (Lipinski definition) is 6. The highest BCUT2D eigenvalue weighted by Crippen LogP contribution is 2.17. The van der Waals surface area contributed by atoms with Crippen LogP contribution in [0.3, 0.4) is 0 Å². The quantitative estimate of drug-likeness (QED) is 0.648. The fourth-order valence-corrected chi connectivity index (χ4v) is 2.62. The van der Waals surface area contributed by atoms with E-state index in [1.54, 1.807) is 0 Å². The van der Waals surface area contributed by atoms with E-state index in [1.165, 1.54) is 4.90 Å². The summed E-state index contributed by atoms with van der Waals surface area (Å²) in [6.07, 6.45) is 0. The number of carbonyl (C=O) groups excluding carboxylic acids is 4. The van der Waals surface area contributed by atoms with Crippen molar-refractivity contribution in [3.63, 3.8) is 0 Å². The first-order valence-electron chi connectivity index (χ1n) is 6.21. The Kier molecular flexibility index (Phi) is 4.96. The number of imide groups is 1. The van der Waals surface area contributed by atoms with Gasteiger partial charge in [-0.25, -0.2) is 0 Å². The minimum atomic E-state index is -0.723. The molecule has 2 aliphatic heterocycles. The normalized spacial score (nSPS) is 19.4. The third-order valence-corrected chi connectivity index (χ3v) is 3.81. The summed E-state index contributed by atoms with van der Waals surface area (Å²) >= 11 is 0.937. The summed E-state index contributed by atoms with van der Waals surface area (Å²) in [5.41, 5.74) is 0. The van der Waals surface area contributed by atoms with Gasteiger partial charge in [0.1, 0.15) is 0 Å². The van der Waals surface area contributed by atoms with Crippen LogP contribution in [0.5, 0.6) is 0 Å². The summed E-state index contributed by atoms with van der Waals surface area (Å²) in [5.74, 6) is -1.46. The molecule has 0 saturated carbocycles. The van der Waals surface area contributed by atoms with Crippen LogP contribution in [-0.2, 0) is 19.1 Å². The van der Waals surface area contributed by atoms with Crippen molar-refractivity contribution in [1.29, 1.82) is 0 Å². The van der Waals surface area contributed by atoms with Crippen molar-refractivity contribution in [3.05, 3.63) is 0 Å². The fourth-order valence-electron chi connectivity index (χ4n) is 1.86. The minimum Gasteiger partial charge on any atom is -0.378 e. The SMILES string of the molecule is O=C(NCCN1C(=O)CSC1=O)C(=O)N1CCOCC1. The molecule has 0 aromatic carbocycles. The molecule has 0 radical (unpaired) electrons. The lowest BCUT2D eigenvalue weighted by atomic mass is 10.4. The van der Waals surface area contributed by atoms with Crippen molar-refractivity contribution in [1.82, 2.24) is 15.1 Å². The largest absolute Gasteiger partial charge is 0.378 e. The Bertz CT molecular complexity index is 420. The molecule has 0 aromatic heterocycles. The first-order valence-corrected chi connectivity index (χ1v) is 7.20. The van der Waals surface area contributed by atoms with Crippen molar-refractivity contribution in [2.75, 3.05) is 45.1 Å². The number of hydrogen-bond donors (Lipinski definition) is 1. The molecule has 9 heteroatoms. The molecule has 0 aliphatic carbocycles. The molecule has 8 nitrogen and oxygen atoms in total. The lowest BCUT2D eigenvalue weighted by Crippen LogP contribution is -2.49. The maximum atomic E-state index is 11.8. The average molecular weight is 301 g/mol. The number of rotatable bonds is 3.